The highest BCUT2D eigenvalue weighted by molar-refractivity contribution is 6.36. The van der Waals surface area contributed by atoms with Gasteiger partial charge in [0.2, 0.25) is 0 Å². The van der Waals surface area contributed by atoms with E-state index >= 15 is 0 Å². The van der Waals surface area contributed by atoms with Crippen molar-refractivity contribution >= 4 is 23.5 Å². The van der Waals surface area contributed by atoms with Gasteiger partial charge in [0.15, 0.2) is 4.87 Å². The van der Waals surface area contributed by atoms with Crippen LogP contribution in [0.1, 0.15) is 13.8 Å². The molecule has 94 valence electrons. The lowest BCUT2D eigenvalue weighted by Gasteiger charge is -2.28. The second-order valence-electron chi connectivity index (χ2n) is 3.49. The van der Waals surface area contributed by atoms with Gasteiger partial charge in [-0.1, -0.05) is 31.2 Å². The molecule has 0 saturated carbocycles. The minimum absolute atomic E-state index is 0.00454. The Morgan fingerprint density at radius 1 is 1.53 bits per heavy atom. The Morgan fingerprint density at radius 2 is 2.00 bits per heavy atom. The highest BCUT2D eigenvalue weighted by Gasteiger charge is 2.44. The zero-order valence-electron chi connectivity index (χ0n) is 9.68. The normalized spacial score (nSPS) is 26.3. The predicted molar refractivity (Wildman–Crippen MR) is 66.1 cm³/mol. The minimum atomic E-state index is -1.65. The number of halogens is 1. The van der Waals surface area contributed by atoms with Gasteiger partial charge in [0.25, 0.3) is 0 Å². The minimum Gasteiger partial charge on any atom is -0.480 e. The lowest BCUT2D eigenvalue weighted by atomic mass is 9.83. The lowest BCUT2D eigenvalue weighted by Crippen LogP contribution is -2.40. The molecule has 2 atom stereocenters. The smallest absolute Gasteiger partial charge is 0.331 e. The molecule has 2 unspecified atom stereocenters. The Hall–Kier alpha value is -1.55. The van der Waals surface area contributed by atoms with Crippen molar-refractivity contribution < 1.29 is 19.8 Å². The number of alkyl halides is 1. The SMILES string of the molecule is C=CC.CC1C(C(=O)O)=CC=CC1(Cl)C(=O)O. The maximum Gasteiger partial charge on any atom is 0.331 e. The zero-order valence-corrected chi connectivity index (χ0v) is 10.4. The standard InChI is InChI=1S/C9H9ClO4.C3H6/c1-5-6(7(11)12)3-2-4-9(5,10)8(13)14;1-3-2/h2-5H,1H3,(H,11,12)(H,13,14);3H,1H2,2H3. The number of allylic oxidation sites excluding steroid dienone is 3. The van der Waals surface area contributed by atoms with E-state index in [0.717, 1.165) is 0 Å². The monoisotopic (exact) mass is 258 g/mol. The van der Waals surface area contributed by atoms with Crippen LogP contribution in [0.15, 0.2) is 36.5 Å². The summed E-state index contributed by atoms with van der Waals surface area (Å²) in [7, 11) is 0. The summed E-state index contributed by atoms with van der Waals surface area (Å²) in [5, 5.41) is 17.6. The maximum atomic E-state index is 10.9. The van der Waals surface area contributed by atoms with Crippen LogP contribution in [0.25, 0.3) is 0 Å². The van der Waals surface area contributed by atoms with Crippen molar-refractivity contribution in [2.24, 2.45) is 5.92 Å². The summed E-state index contributed by atoms with van der Waals surface area (Å²) in [5.41, 5.74) is 0.00454. The molecule has 0 aliphatic heterocycles. The first-order valence-electron chi connectivity index (χ1n) is 4.93. The summed E-state index contributed by atoms with van der Waals surface area (Å²) >= 11 is 5.81. The molecule has 1 aliphatic rings. The molecule has 0 saturated heterocycles. The van der Waals surface area contributed by atoms with Gasteiger partial charge in [-0.15, -0.1) is 18.2 Å². The molecule has 0 aromatic rings. The number of hydrogen-bond acceptors (Lipinski definition) is 2. The van der Waals surface area contributed by atoms with Crippen LogP contribution in [0, 0.1) is 5.92 Å². The molecule has 17 heavy (non-hydrogen) atoms. The molecular formula is C12H15ClO4. The summed E-state index contributed by atoms with van der Waals surface area (Å²) in [5.74, 6) is -3.15. The van der Waals surface area contributed by atoms with Crippen molar-refractivity contribution in [3.05, 3.63) is 36.5 Å². The maximum absolute atomic E-state index is 10.9. The molecule has 4 nitrogen and oxygen atoms in total. The molecule has 0 radical (unpaired) electrons. The van der Waals surface area contributed by atoms with Gasteiger partial charge < -0.3 is 10.2 Å². The molecule has 0 aromatic carbocycles. The van der Waals surface area contributed by atoms with Crippen LogP contribution >= 0.6 is 11.6 Å². The van der Waals surface area contributed by atoms with E-state index in [-0.39, 0.29) is 5.57 Å². The number of carboxylic acids is 2. The quantitative estimate of drug-likeness (QED) is 0.589. The van der Waals surface area contributed by atoms with Crippen molar-refractivity contribution in [2.45, 2.75) is 18.7 Å². The molecule has 0 aromatic heterocycles. The van der Waals surface area contributed by atoms with Crippen LogP contribution in [-0.4, -0.2) is 27.0 Å². The van der Waals surface area contributed by atoms with Crippen LogP contribution in [0.2, 0.25) is 0 Å². The average molecular weight is 259 g/mol. The van der Waals surface area contributed by atoms with Crippen molar-refractivity contribution in [3.8, 4) is 0 Å². The molecule has 0 amide bonds. The van der Waals surface area contributed by atoms with Gasteiger partial charge in [0.05, 0.1) is 0 Å². The molecule has 2 N–H and O–H groups in total. The third-order valence-electron chi connectivity index (χ3n) is 2.29. The number of rotatable bonds is 2. The highest BCUT2D eigenvalue weighted by atomic mass is 35.5. The first-order valence-corrected chi connectivity index (χ1v) is 5.31. The van der Waals surface area contributed by atoms with Crippen molar-refractivity contribution in [3.63, 3.8) is 0 Å². The summed E-state index contributed by atoms with van der Waals surface area (Å²) in [4.78, 5) is 19.9. The van der Waals surface area contributed by atoms with Crippen molar-refractivity contribution in [1.82, 2.24) is 0 Å². The number of carboxylic acid groups (broad SMARTS) is 2. The van der Waals surface area contributed by atoms with E-state index < -0.39 is 22.7 Å². The van der Waals surface area contributed by atoms with Crippen LogP contribution in [0.4, 0.5) is 0 Å². The summed E-state index contributed by atoms with van der Waals surface area (Å²) in [6, 6.07) is 0. The van der Waals surface area contributed by atoms with E-state index in [0.29, 0.717) is 0 Å². The van der Waals surface area contributed by atoms with Crippen LogP contribution in [0.5, 0.6) is 0 Å². The Kier molecular flexibility index (Phi) is 5.68. The number of hydrogen-bond donors (Lipinski definition) is 2. The van der Waals surface area contributed by atoms with E-state index in [1.54, 1.807) is 6.08 Å². The summed E-state index contributed by atoms with van der Waals surface area (Å²) in [6.07, 6.45) is 5.75. The third kappa shape index (κ3) is 3.46. The van der Waals surface area contributed by atoms with Gasteiger partial charge in [-0.05, 0) is 6.92 Å². The lowest BCUT2D eigenvalue weighted by molar-refractivity contribution is -0.140. The van der Waals surface area contributed by atoms with Crippen LogP contribution in [0.3, 0.4) is 0 Å². The average Bonchev–Trinajstić information content (AvgIpc) is 2.22. The van der Waals surface area contributed by atoms with Gasteiger partial charge in [0.1, 0.15) is 0 Å². The predicted octanol–water partition coefficient (Wildman–Crippen LogP) is 2.46. The fourth-order valence-electron chi connectivity index (χ4n) is 1.32. The molecule has 1 rings (SSSR count). The Morgan fingerprint density at radius 3 is 2.35 bits per heavy atom. The fraction of sp³-hybridized carbons (Fsp3) is 0.333. The number of carbonyl (C=O) groups is 2. The molecule has 0 heterocycles. The topological polar surface area (TPSA) is 74.6 Å². The van der Waals surface area contributed by atoms with Crippen molar-refractivity contribution in [1.29, 1.82) is 0 Å². The van der Waals surface area contributed by atoms with E-state index in [9.17, 15) is 9.59 Å². The molecule has 0 spiro atoms. The van der Waals surface area contributed by atoms with Gasteiger partial charge in [-0.3, -0.25) is 0 Å². The summed E-state index contributed by atoms with van der Waals surface area (Å²) < 4.78 is 0. The van der Waals surface area contributed by atoms with E-state index in [1.807, 2.05) is 6.92 Å². The van der Waals surface area contributed by atoms with Gasteiger partial charge >= 0.3 is 11.9 Å². The second-order valence-corrected chi connectivity index (χ2v) is 4.11. The second kappa shape index (κ2) is 6.25. The molecule has 1 aliphatic carbocycles. The summed E-state index contributed by atoms with van der Waals surface area (Å²) in [6.45, 7) is 6.73. The number of aliphatic carboxylic acids is 2. The Labute approximate surface area is 105 Å². The Bertz CT molecular complexity index is 384. The Balaban J connectivity index is 0.000000770. The van der Waals surface area contributed by atoms with E-state index in [1.165, 1.54) is 25.2 Å². The first kappa shape index (κ1) is 15.5. The van der Waals surface area contributed by atoms with Gasteiger partial charge in [-0.25, -0.2) is 9.59 Å². The first-order chi connectivity index (χ1) is 7.81. The van der Waals surface area contributed by atoms with Crippen LogP contribution < -0.4 is 0 Å². The third-order valence-corrected chi connectivity index (χ3v) is 2.90. The van der Waals surface area contributed by atoms with Crippen LogP contribution in [-0.2, 0) is 9.59 Å². The molecular weight excluding hydrogens is 244 g/mol. The largest absolute Gasteiger partial charge is 0.480 e. The molecule has 0 fully saturated rings. The molecule has 0 bridgehead atoms. The van der Waals surface area contributed by atoms with Gasteiger partial charge in [0, 0.05) is 11.5 Å². The van der Waals surface area contributed by atoms with E-state index in [2.05, 4.69) is 6.58 Å². The van der Waals surface area contributed by atoms with E-state index in [4.69, 9.17) is 21.8 Å². The highest BCUT2D eigenvalue weighted by Crippen LogP contribution is 2.35. The van der Waals surface area contributed by atoms with Gasteiger partial charge in [-0.2, -0.15) is 0 Å². The fourth-order valence-corrected chi connectivity index (χ4v) is 1.51. The van der Waals surface area contributed by atoms with Crippen molar-refractivity contribution in [2.75, 3.05) is 0 Å². The zero-order chi connectivity index (χ0) is 13.6. The molecule has 5 heteroatoms.